The number of fused-ring (bicyclic) bond motifs is 1. The van der Waals surface area contributed by atoms with Gasteiger partial charge in [0.15, 0.2) is 5.65 Å². The fourth-order valence-electron chi connectivity index (χ4n) is 1.94. The molecule has 0 unspecified atom stereocenters. The van der Waals surface area contributed by atoms with Crippen molar-refractivity contribution in [2.45, 2.75) is 5.88 Å². The number of H-pyrrole nitrogens is 1. The zero-order chi connectivity index (χ0) is 13.4. The Morgan fingerprint density at radius 3 is 2.68 bits per heavy atom. The second-order valence-corrected chi connectivity index (χ2v) is 4.78. The molecule has 96 valence electrons. The van der Waals surface area contributed by atoms with Gasteiger partial charge in [0.25, 0.3) is 5.56 Å². The summed E-state index contributed by atoms with van der Waals surface area (Å²) in [5.41, 5.74) is 2.70. The molecule has 4 nitrogen and oxygen atoms in total. The van der Waals surface area contributed by atoms with Gasteiger partial charge in [0.05, 0.1) is 11.6 Å². The van der Waals surface area contributed by atoms with Crippen LogP contribution in [-0.4, -0.2) is 14.6 Å². The third-order valence-corrected chi connectivity index (χ3v) is 3.37. The summed E-state index contributed by atoms with van der Waals surface area (Å²) in [7, 11) is 0. The lowest BCUT2D eigenvalue weighted by Crippen LogP contribution is -2.15. The van der Waals surface area contributed by atoms with Crippen molar-refractivity contribution in [2.24, 2.45) is 0 Å². The van der Waals surface area contributed by atoms with Crippen LogP contribution in [0.15, 0.2) is 41.3 Å². The number of halogens is 2. The van der Waals surface area contributed by atoms with Crippen LogP contribution in [0.4, 0.5) is 0 Å². The Kier molecular flexibility index (Phi) is 3.05. The molecule has 0 amide bonds. The van der Waals surface area contributed by atoms with Crippen LogP contribution < -0.4 is 5.56 Å². The number of rotatable bonds is 2. The zero-order valence-corrected chi connectivity index (χ0v) is 11.2. The molecule has 2 aromatic heterocycles. The summed E-state index contributed by atoms with van der Waals surface area (Å²) in [5, 5.41) is 3.55. The van der Waals surface area contributed by atoms with Gasteiger partial charge in [-0.05, 0) is 17.7 Å². The van der Waals surface area contributed by atoms with Crippen LogP contribution in [-0.2, 0) is 5.88 Å². The van der Waals surface area contributed by atoms with Crippen molar-refractivity contribution < 1.29 is 0 Å². The molecule has 0 saturated carbocycles. The van der Waals surface area contributed by atoms with Gasteiger partial charge >= 0.3 is 0 Å². The molecule has 0 aliphatic heterocycles. The van der Waals surface area contributed by atoms with E-state index in [2.05, 4.69) is 10.1 Å². The first kappa shape index (κ1) is 12.3. The van der Waals surface area contributed by atoms with Crippen molar-refractivity contribution in [1.29, 1.82) is 0 Å². The molecule has 0 fully saturated rings. The molecular formula is C13H9Cl2N3O. The number of aromatic amines is 1. The average Bonchev–Trinajstić information content (AvgIpc) is 2.84. The van der Waals surface area contributed by atoms with Gasteiger partial charge in [0, 0.05) is 22.8 Å². The van der Waals surface area contributed by atoms with Crippen molar-refractivity contribution in [3.63, 3.8) is 0 Å². The Labute approximate surface area is 118 Å². The lowest BCUT2D eigenvalue weighted by atomic mass is 10.1. The van der Waals surface area contributed by atoms with E-state index in [0.29, 0.717) is 16.4 Å². The molecule has 0 saturated heterocycles. The lowest BCUT2D eigenvalue weighted by molar-refractivity contribution is 0.888. The molecule has 3 aromatic rings. The minimum Gasteiger partial charge on any atom is -0.296 e. The second-order valence-electron chi connectivity index (χ2n) is 4.07. The van der Waals surface area contributed by atoms with Crippen LogP contribution in [0.25, 0.3) is 16.8 Å². The molecule has 0 radical (unpaired) electrons. The van der Waals surface area contributed by atoms with Crippen molar-refractivity contribution in [2.75, 3.05) is 0 Å². The number of hydrogen-bond acceptors (Lipinski definition) is 2. The Hall–Kier alpha value is -1.78. The predicted octanol–water partition coefficient (Wildman–Crippen LogP) is 3.08. The van der Waals surface area contributed by atoms with Crippen LogP contribution in [0.1, 0.15) is 5.69 Å². The third-order valence-electron chi connectivity index (χ3n) is 2.84. The summed E-state index contributed by atoms with van der Waals surface area (Å²) >= 11 is 11.6. The molecule has 0 aliphatic rings. The maximum absolute atomic E-state index is 11.9. The summed E-state index contributed by atoms with van der Waals surface area (Å²) in [5.74, 6) is 0.205. The van der Waals surface area contributed by atoms with Crippen molar-refractivity contribution in [3.8, 4) is 11.1 Å². The highest BCUT2D eigenvalue weighted by Crippen LogP contribution is 2.24. The molecule has 0 bridgehead atoms. The summed E-state index contributed by atoms with van der Waals surface area (Å²) in [6.07, 6.45) is 1.74. The van der Waals surface area contributed by atoms with Crippen LogP contribution in [0, 0.1) is 0 Å². The number of aromatic nitrogens is 3. The zero-order valence-electron chi connectivity index (χ0n) is 9.73. The van der Waals surface area contributed by atoms with E-state index in [1.165, 1.54) is 10.6 Å². The van der Waals surface area contributed by atoms with Gasteiger partial charge in [-0.1, -0.05) is 23.7 Å². The van der Waals surface area contributed by atoms with E-state index >= 15 is 0 Å². The molecule has 1 N–H and O–H groups in total. The van der Waals surface area contributed by atoms with E-state index in [9.17, 15) is 4.79 Å². The van der Waals surface area contributed by atoms with Gasteiger partial charge in [-0.25, -0.2) is 9.50 Å². The number of benzene rings is 1. The maximum Gasteiger partial charge on any atom is 0.272 e. The Morgan fingerprint density at radius 2 is 2.00 bits per heavy atom. The highest BCUT2D eigenvalue weighted by Gasteiger charge is 2.10. The van der Waals surface area contributed by atoms with E-state index in [-0.39, 0.29) is 11.4 Å². The van der Waals surface area contributed by atoms with Gasteiger partial charge in [-0.3, -0.25) is 9.89 Å². The second kappa shape index (κ2) is 4.72. The van der Waals surface area contributed by atoms with E-state index < -0.39 is 0 Å². The topological polar surface area (TPSA) is 50.2 Å². The monoisotopic (exact) mass is 293 g/mol. The fourth-order valence-corrected chi connectivity index (χ4v) is 2.20. The van der Waals surface area contributed by atoms with E-state index in [1.807, 2.05) is 12.1 Å². The summed E-state index contributed by atoms with van der Waals surface area (Å²) < 4.78 is 1.39. The molecule has 3 rings (SSSR count). The highest BCUT2D eigenvalue weighted by molar-refractivity contribution is 6.30. The van der Waals surface area contributed by atoms with Crippen molar-refractivity contribution in [3.05, 3.63) is 57.6 Å². The molecule has 0 atom stereocenters. The number of nitrogens with zero attached hydrogens (tertiary/aromatic N) is 2. The largest absolute Gasteiger partial charge is 0.296 e. The number of alkyl halides is 1. The number of hydrogen-bond donors (Lipinski definition) is 1. The van der Waals surface area contributed by atoms with Crippen LogP contribution in [0.3, 0.4) is 0 Å². The highest BCUT2D eigenvalue weighted by atomic mass is 35.5. The smallest absolute Gasteiger partial charge is 0.272 e. The summed E-state index contributed by atoms with van der Waals surface area (Å²) in [6, 6.07) is 8.77. The molecule has 0 spiro atoms. The quantitative estimate of drug-likeness (QED) is 0.738. The molecule has 6 heteroatoms. The molecule has 2 heterocycles. The van der Waals surface area contributed by atoms with E-state index in [1.54, 1.807) is 18.3 Å². The molecular weight excluding hydrogens is 285 g/mol. The lowest BCUT2D eigenvalue weighted by Gasteiger charge is -2.00. The van der Waals surface area contributed by atoms with Gasteiger partial charge in [0.1, 0.15) is 0 Å². The van der Waals surface area contributed by atoms with Crippen molar-refractivity contribution in [1.82, 2.24) is 14.6 Å². The Morgan fingerprint density at radius 1 is 1.26 bits per heavy atom. The first-order valence-electron chi connectivity index (χ1n) is 5.61. The standard InChI is InChI=1S/C13H9Cl2N3O/c14-6-10-5-12(19)18-13(17-10)11(7-16-18)8-1-3-9(15)4-2-8/h1-5,7,16H,6H2. The van der Waals surface area contributed by atoms with E-state index in [0.717, 1.165) is 11.1 Å². The van der Waals surface area contributed by atoms with Crippen LogP contribution in [0.5, 0.6) is 0 Å². The van der Waals surface area contributed by atoms with E-state index in [4.69, 9.17) is 23.2 Å². The van der Waals surface area contributed by atoms with Gasteiger partial charge in [0.2, 0.25) is 0 Å². The van der Waals surface area contributed by atoms with Crippen LogP contribution >= 0.6 is 23.2 Å². The Bertz CT molecular complexity index is 790. The summed E-state index contributed by atoms with van der Waals surface area (Å²) in [6.45, 7) is 0. The number of nitrogens with one attached hydrogen (secondary N) is 1. The first-order chi connectivity index (χ1) is 9.19. The summed E-state index contributed by atoms with van der Waals surface area (Å²) in [4.78, 5) is 16.2. The molecule has 19 heavy (non-hydrogen) atoms. The van der Waals surface area contributed by atoms with Crippen LogP contribution in [0.2, 0.25) is 5.02 Å². The molecule has 1 aromatic carbocycles. The van der Waals surface area contributed by atoms with Gasteiger partial charge in [-0.15, -0.1) is 11.6 Å². The average molecular weight is 294 g/mol. The predicted molar refractivity (Wildman–Crippen MR) is 75.8 cm³/mol. The van der Waals surface area contributed by atoms with Gasteiger partial charge in [-0.2, -0.15) is 0 Å². The normalized spacial score (nSPS) is 11.1. The molecule has 0 aliphatic carbocycles. The third kappa shape index (κ3) is 2.13. The fraction of sp³-hybridized carbons (Fsp3) is 0.0769. The SMILES string of the molecule is O=c1cc(CCl)nc2c(-c3ccc(Cl)cc3)c[nH]n12. The minimum absolute atomic E-state index is 0.180. The van der Waals surface area contributed by atoms with Gasteiger partial charge < -0.3 is 0 Å². The van der Waals surface area contributed by atoms with Crippen molar-refractivity contribution >= 4 is 28.8 Å². The maximum atomic E-state index is 11.9. The minimum atomic E-state index is -0.180. The first-order valence-corrected chi connectivity index (χ1v) is 6.52. The Balaban J connectivity index is 2.27.